The van der Waals surface area contributed by atoms with Crippen molar-refractivity contribution < 1.29 is 27.8 Å². The number of ether oxygens (including phenoxy) is 1. The summed E-state index contributed by atoms with van der Waals surface area (Å²) in [7, 11) is 0. The number of alkyl halides is 3. The molecule has 1 unspecified atom stereocenters. The van der Waals surface area contributed by atoms with Gasteiger partial charge in [0.05, 0.1) is 0 Å². The van der Waals surface area contributed by atoms with E-state index in [2.05, 4.69) is 4.74 Å². The maximum Gasteiger partial charge on any atom is 0.573 e. The summed E-state index contributed by atoms with van der Waals surface area (Å²) >= 11 is 0. The molecule has 110 valence electrons. The van der Waals surface area contributed by atoms with Gasteiger partial charge in [0.25, 0.3) is 0 Å². The van der Waals surface area contributed by atoms with Crippen LogP contribution in [0.25, 0.3) is 0 Å². The molecule has 0 saturated heterocycles. The van der Waals surface area contributed by atoms with Crippen molar-refractivity contribution in [2.75, 3.05) is 0 Å². The van der Waals surface area contributed by atoms with Crippen LogP contribution in [0.5, 0.6) is 5.75 Å². The fourth-order valence-corrected chi connectivity index (χ4v) is 1.79. The minimum absolute atomic E-state index is 0.0619. The third-order valence-electron chi connectivity index (χ3n) is 2.72. The van der Waals surface area contributed by atoms with E-state index in [1.807, 2.05) is 0 Å². The molecule has 0 bridgehead atoms. The first kappa shape index (κ1) is 15.1. The third kappa shape index (κ3) is 4.06. The number of aliphatic hydroxyl groups excluding tert-OH is 1. The highest BCUT2D eigenvalue weighted by atomic mass is 19.4. The Morgan fingerprint density at radius 2 is 1.71 bits per heavy atom. The van der Waals surface area contributed by atoms with Gasteiger partial charge in [-0.3, -0.25) is 4.79 Å². The molecule has 21 heavy (non-hydrogen) atoms. The van der Waals surface area contributed by atoms with Crippen molar-refractivity contribution in [3.8, 4) is 5.75 Å². The maximum atomic E-state index is 12.1. The number of hydrogen-bond donors (Lipinski definition) is 1. The van der Waals surface area contributed by atoms with Crippen molar-refractivity contribution >= 4 is 5.78 Å². The lowest BCUT2D eigenvalue weighted by atomic mass is 10.00. The second kappa shape index (κ2) is 5.97. The molecule has 0 aliphatic carbocycles. The van der Waals surface area contributed by atoms with Crippen LogP contribution in [0.1, 0.15) is 22.0 Å². The smallest absolute Gasteiger partial charge is 0.406 e. The molecule has 0 spiro atoms. The Morgan fingerprint density at radius 3 is 2.33 bits per heavy atom. The van der Waals surface area contributed by atoms with Gasteiger partial charge in [0.1, 0.15) is 11.9 Å². The molecule has 0 aliphatic rings. The van der Waals surface area contributed by atoms with Crippen molar-refractivity contribution in [1.29, 1.82) is 0 Å². The molecule has 2 aromatic rings. The Morgan fingerprint density at radius 1 is 1.05 bits per heavy atom. The minimum atomic E-state index is -4.83. The van der Waals surface area contributed by atoms with E-state index in [9.17, 15) is 23.1 Å². The monoisotopic (exact) mass is 296 g/mol. The number of aliphatic hydroxyl groups is 1. The number of carbonyl (C=O) groups excluding carboxylic acids is 1. The van der Waals surface area contributed by atoms with Crippen LogP contribution in [0.3, 0.4) is 0 Å². The fourth-order valence-electron chi connectivity index (χ4n) is 1.79. The Balaban J connectivity index is 2.22. The normalized spacial score (nSPS) is 12.8. The molecule has 6 heteroatoms. The van der Waals surface area contributed by atoms with E-state index >= 15 is 0 Å². The van der Waals surface area contributed by atoms with Gasteiger partial charge in [-0.15, -0.1) is 13.2 Å². The van der Waals surface area contributed by atoms with E-state index in [0.29, 0.717) is 5.56 Å². The summed E-state index contributed by atoms with van der Waals surface area (Å²) in [6.07, 6.45) is -6.27. The quantitative estimate of drug-likeness (QED) is 0.878. The van der Waals surface area contributed by atoms with E-state index < -0.39 is 24.0 Å². The lowest BCUT2D eigenvalue weighted by molar-refractivity contribution is -0.274. The van der Waals surface area contributed by atoms with Gasteiger partial charge in [-0.2, -0.15) is 0 Å². The van der Waals surface area contributed by atoms with Crippen LogP contribution in [0.4, 0.5) is 13.2 Å². The van der Waals surface area contributed by atoms with Gasteiger partial charge in [0, 0.05) is 5.56 Å². The summed E-state index contributed by atoms with van der Waals surface area (Å²) < 4.78 is 40.2. The molecule has 3 nitrogen and oxygen atoms in total. The van der Waals surface area contributed by atoms with E-state index in [0.717, 1.165) is 12.1 Å². The first-order valence-corrected chi connectivity index (χ1v) is 6.00. The molecule has 1 atom stereocenters. The lowest BCUT2D eigenvalue weighted by Gasteiger charge is -2.12. The maximum absolute atomic E-state index is 12.1. The van der Waals surface area contributed by atoms with Crippen molar-refractivity contribution in [3.63, 3.8) is 0 Å². The zero-order valence-electron chi connectivity index (χ0n) is 10.7. The molecule has 2 rings (SSSR count). The predicted octanol–water partition coefficient (Wildman–Crippen LogP) is 3.50. The third-order valence-corrected chi connectivity index (χ3v) is 2.72. The first-order valence-electron chi connectivity index (χ1n) is 6.00. The predicted molar refractivity (Wildman–Crippen MR) is 68.9 cm³/mol. The van der Waals surface area contributed by atoms with E-state index in [-0.39, 0.29) is 5.56 Å². The van der Waals surface area contributed by atoms with E-state index in [4.69, 9.17) is 0 Å². The summed E-state index contributed by atoms with van der Waals surface area (Å²) in [6.45, 7) is 0. The minimum Gasteiger partial charge on any atom is -0.406 e. The molecule has 1 N–H and O–H groups in total. The molecule has 0 aliphatic heterocycles. The van der Waals surface area contributed by atoms with Gasteiger partial charge in [-0.05, 0) is 17.7 Å². The van der Waals surface area contributed by atoms with Crippen LogP contribution in [0.2, 0.25) is 0 Å². The number of hydrogen-bond acceptors (Lipinski definition) is 3. The molecule has 0 radical (unpaired) electrons. The highest BCUT2D eigenvalue weighted by Gasteiger charge is 2.31. The van der Waals surface area contributed by atoms with Crippen LogP contribution in [0, 0.1) is 0 Å². The fraction of sp³-hybridized carbons (Fsp3) is 0.133. The molecule has 0 aromatic heterocycles. The van der Waals surface area contributed by atoms with Gasteiger partial charge < -0.3 is 9.84 Å². The van der Waals surface area contributed by atoms with E-state index in [1.165, 1.54) is 12.1 Å². The zero-order chi connectivity index (χ0) is 15.5. The Hall–Kier alpha value is -2.34. The summed E-state index contributed by atoms with van der Waals surface area (Å²) in [5, 5.41) is 9.95. The summed E-state index contributed by atoms with van der Waals surface area (Å²) in [6, 6.07) is 12.7. The average molecular weight is 296 g/mol. The standard InChI is InChI=1S/C15H11F3O3/c16-15(17,18)21-12-8-4-7-11(9-12)14(20)13(19)10-5-2-1-3-6-10/h1-9,13,19H. The van der Waals surface area contributed by atoms with Crippen LogP contribution in [-0.4, -0.2) is 17.3 Å². The number of Topliss-reactive ketones (excluding diaryl/α,β-unsaturated/α-hetero) is 1. The second-order valence-electron chi connectivity index (χ2n) is 4.25. The van der Waals surface area contributed by atoms with Crippen LogP contribution < -0.4 is 4.74 Å². The van der Waals surface area contributed by atoms with Crippen molar-refractivity contribution in [1.82, 2.24) is 0 Å². The number of ketones is 1. The van der Waals surface area contributed by atoms with Gasteiger partial charge in [-0.25, -0.2) is 0 Å². The topological polar surface area (TPSA) is 46.5 Å². The average Bonchev–Trinajstić information content (AvgIpc) is 2.45. The molecule has 0 heterocycles. The molecule has 2 aromatic carbocycles. The second-order valence-corrected chi connectivity index (χ2v) is 4.25. The first-order chi connectivity index (χ1) is 9.87. The Kier molecular flexibility index (Phi) is 4.28. The van der Waals surface area contributed by atoms with Crippen molar-refractivity contribution in [2.45, 2.75) is 12.5 Å². The van der Waals surface area contributed by atoms with Gasteiger partial charge >= 0.3 is 6.36 Å². The molecule has 0 saturated carbocycles. The van der Waals surface area contributed by atoms with Crippen LogP contribution in [0.15, 0.2) is 54.6 Å². The van der Waals surface area contributed by atoms with Gasteiger partial charge in [-0.1, -0.05) is 42.5 Å². The lowest BCUT2D eigenvalue weighted by Crippen LogP contribution is -2.18. The largest absolute Gasteiger partial charge is 0.573 e. The van der Waals surface area contributed by atoms with Gasteiger partial charge in [0.2, 0.25) is 0 Å². The summed E-state index contributed by atoms with van der Waals surface area (Å²) in [5.74, 6) is -1.21. The highest BCUT2D eigenvalue weighted by Crippen LogP contribution is 2.25. The summed E-state index contributed by atoms with van der Waals surface area (Å²) in [4.78, 5) is 12.1. The van der Waals surface area contributed by atoms with Crippen LogP contribution in [-0.2, 0) is 0 Å². The number of benzene rings is 2. The molecule has 0 fully saturated rings. The van der Waals surface area contributed by atoms with Gasteiger partial charge in [0.15, 0.2) is 5.78 Å². The van der Waals surface area contributed by atoms with E-state index in [1.54, 1.807) is 30.3 Å². The van der Waals surface area contributed by atoms with Crippen molar-refractivity contribution in [2.24, 2.45) is 0 Å². The molecular formula is C15H11F3O3. The zero-order valence-corrected chi connectivity index (χ0v) is 10.7. The summed E-state index contributed by atoms with van der Waals surface area (Å²) in [5.41, 5.74) is 0.303. The number of rotatable bonds is 4. The number of carbonyl (C=O) groups is 1. The Labute approximate surface area is 118 Å². The molecular weight excluding hydrogens is 285 g/mol. The van der Waals surface area contributed by atoms with Crippen LogP contribution >= 0.6 is 0 Å². The SMILES string of the molecule is O=C(c1cccc(OC(F)(F)F)c1)C(O)c1ccccc1. The number of halogens is 3. The Bertz CT molecular complexity index is 624. The molecule has 0 amide bonds. The van der Waals surface area contributed by atoms with Crippen molar-refractivity contribution in [3.05, 3.63) is 65.7 Å². The highest BCUT2D eigenvalue weighted by molar-refractivity contribution is 6.00.